The number of nitrogens with one attached hydrogen (secondary N) is 2. The minimum absolute atomic E-state index is 0.0724. The van der Waals surface area contributed by atoms with E-state index < -0.39 is 23.8 Å². The highest BCUT2D eigenvalue weighted by Crippen LogP contribution is 2.27. The molecule has 0 heterocycles. The summed E-state index contributed by atoms with van der Waals surface area (Å²) in [6.45, 7) is 13.7. The lowest BCUT2D eigenvalue weighted by molar-refractivity contribution is -0.144. The average Bonchev–Trinajstić information content (AvgIpc) is 2.73. The summed E-state index contributed by atoms with van der Waals surface area (Å²) in [7, 11) is 0. The lowest BCUT2D eigenvalue weighted by Crippen LogP contribution is -2.56. The molecule has 0 aliphatic carbocycles. The van der Waals surface area contributed by atoms with Crippen LogP contribution in [0.4, 0.5) is 4.79 Å². The Morgan fingerprint density at radius 1 is 1.18 bits per heavy atom. The number of aryl methyl sites for hydroxylation is 1. The van der Waals surface area contributed by atoms with Crippen molar-refractivity contribution in [2.45, 2.75) is 91.5 Å². The second-order valence-corrected chi connectivity index (χ2v) is 9.71. The highest BCUT2D eigenvalue weighted by atomic mass is 32.1. The minimum atomic E-state index is -0.937. The lowest BCUT2D eigenvalue weighted by Gasteiger charge is -2.38. The summed E-state index contributed by atoms with van der Waals surface area (Å²) in [5.41, 5.74) is 1.02. The van der Waals surface area contributed by atoms with Gasteiger partial charge in [0.1, 0.15) is 17.7 Å². The zero-order valence-electron chi connectivity index (χ0n) is 21.1. The van der Waals surface area contributed by atoms with Crippen LogP contribution in [0.5, 0.6) is 0 Å². The van der Waals surface area contributed by atoms with Crippen LogP contribution >= 0.6 is 12.6 Å². The Morgan fingerprint density at radius 3 is 2.36 bits per heavy atom. The van der Waals surface area contributed by atoms with Gasteiger partial charge in [0.15, 0.2) is 0 Å². The maximum atomic E-state index is 13.7. The van der Waals surface area contributed by atoms with Gasteiger partial charge >= 0.3 is 6.09 Å². The van der Waals surface area contributed by atoms with Crippen molar-refractivity contribution in [2.24, 2.45) is 0 Å². The van der Waals surface area contributed by atoms with Gasteiger partial charge in [-0.05, 0) is 53.0 Å². The van der Waals surface area contributed by atoms with E-state index in [0.29, 0.717) is 13.0 Å². The summed E-state index contributed by atoms with van der Waals surface area (Å²) < 4.78 is 5.33. The molecule has 33 heavy (non-hydrogen) atoms. The largest absolute Gasteiger partial charge is 0.444 e. The van der Waals surface area contributed by atoms with E-state index in [4.69, 9.17) is 4.74 Å². The molecule has 186 valence electrons. The molecule has 2 N–H and O–H groups in total. The lowest BCUT2D eigenvalue weighted by atomic mass is 9.98. The Bertz CT molecular complexity index is 794. The molecule has 3 unspecified atom stereocenters. The Morgan fingerprint density at radius 2 is 1.85 bits per heavy atom. The number of nitrogens with zero attached hydrogens (tertiary/aromatic N) is 1. The van der Waals surface area contributed by atoms with Gasteiger partial charge in [-0.2, -0.15) is 12.6 Å². The van der Waals surface area contributed by atoms with Gasteiger partial charge in [0.2, 0.25) is 11.8 Å². The van der Waals surface area contributed by atoms with Crippen molar-refractivity contribution in [1.29, 1.82) is 0 Å². The van der Waals surface area contributed by atoms with Gasteiger partial charge in [-0.25, -0.2) is 4.79 Å². The fraction of sp³-hybridized carbons (Fsp3) is 0.640. The van der Waals surface area contributed by atoms with Crippen LogP contribution in [0.15, 0.2) is 24.3 Å². The number of carbonyl (C=O) groups is 3. The molecule has 7 nitrogen and oxygen atoms in total. The van der Waals surface area contributed by atoms with Crippen LogP contribution in [0, 0.1) is 6.92 Å². The molecule has 1 aromatic rings. The number of amides is 3. The third kappa shape index (κ3) is 9.27. The number of rotatable bonds is 11. The molecule has 0 fully saturated rings. The number of ether oxygens (including phenoxy) is 1. The van der Waals surface area contributed by atoms with Crippen LogP contribution < -0.4 is 10.6 Å². The number of alkyl carbamates (subject to hydrolysis) is 1. The van der Waals surface area contributed by atoms with Crippen molar-refractivity contribution in [3.63, 3.8) is 0 Å². The zero-order chi connectivity index (χ0) is 25.2. The van der Waals surface area contributed by atoms with Crippen LogP contribution in [0.1, 0.15) is 78.0 Å². The van der Waals surface area contributed by atoms with Gasteiger partial charge < -0.3 is 20.3 Å². The fourth-order valence-electron chi connectivity index (χ4n) is 3.37. The first-order chi connectivity index (χ1) is 15.4. The molecule has 0 saturated carbocycles. The molecule has 0 spiro atoms. The molecule has 3 atom stereocenters. The van der Waals surface area contributed by atoms with E-state index in [-0.39, 0.29) is 23.6 Å². The Hall–Kier alpha value is -2.22. The number of carbonyl (C=O) groups excluding carboxylic acids is 3. The highest BCUT2D eigenvalue weighted by Gasteiger charge is 2.38. The predicted molar refractivity (Wildman–Crippen MR) is 135 cm³/mol. The second-order valence-electron chi connectivity index (χ2n) is 9.35. The van der Waals surface area contributed by atoms with Crippen LogP contribution in [0.3, 0.4) is 0 Å². The van der Waals surface area contributed by atoms with Crippen molar-refractivity contribution >= 4 is 30.5 Å². The normalized spacial score (nSPS) is 14.1. The molecule has 0 aliphatic rings. The van der Waals surface area contributed by atoms with E-state index in [1.54, 1.807) is 25.7 Å². The average molecular weight is 480 g/mol. The van der Waals surface area contributed by atoms with E-state index in [9.17, 15) is 14.4 Å². The fourth-order valence-corrected chi connectivity index (χ4v) is 3.62. The number of hydrogen-bond donors (Lipinski definition) is 3. The highest BCUT2D eigenvalue weighted by molar-refractivity contribution is 7.80. The van der Waals surface area contributed by atoms with Gasteiger partial charge in [-0.3, -0.25) is 9.59 Å². The van der Waals surface area contributed by atoms with Crippen molar-refractivity contribution in [3.05, 3.63) is 35.4 Å². The molecule has 0 saturated heterocycles. The van der Waals surface area contributed by atoms with E-state index in [1.807, 2.05) is 45.0 Å². The number of hydrogen-bond acceptors (Lipinski definition) is 5. The SMILES string of the molecule is CCCCNC(=O)C(c1cccc(C)c1)N(C(=O)C(CS)NC(=O)OC(C)(C)C)C(C)CC. The standard InChI is InChI=1S/C25H41N3O4S/c1-8-10-14-26-22(29)21(19-13-11-12-17(3)15-19)28(18(4)9-2)23(30)20(16-33)27-24(31)32-25(5,6)7/h11-13,15,18,20-21,33H,8-10,14,16H2,1-7H3,(H,26,29)(H,27,31). The topological polar surface area (TPSA) is 87.7 Å². The molecule has 1 aromatic carbocycles. The van der Waals surface area contributed by atoms with Crippen molar-refractivity contribution < 1.29 is 19.1 Å². The predicted octanol–water partition coefficient (Wildman–Crippen LogP) is 4.40. The maximum absolute atomic E-state index is 13.7. The van der Waals surface area contributed by atoms with Crippen LogP contribution in [-0.2, 0) is 14.3 Å². The van der Waals surface area contributed by atoms with Crippen molar-refractivity contribution in [2.75, 3.05) is 12.3 Å². The van der Waals surface area contributed by atoms with E-state index in [0.717, 1.165) is 24.0 Å². The minimum Gasteiger partial charge on any atom is -0.444 e. The molecular formula is C25H41N3O4S. The van der Waals surface area contributed by atoms with Crippen molar-refractivity contribution in [3.8, 4) is 0 Å². The van der Waals surface area contributed by atoms with Crippen LogP contribution in [-0.4, -0.2) is 52.8 Å². The first-order valence-electron chi connectivity index (χ1n) is 11.7. The first-order valence-corrected chi connectivity index (χ1v) is 12.3. The number of unbranched alkanes of at least 4 members (excludes halogenated alkanes) is 1. The quantitative estimate of drug-likeness (QED) is 0.324. The molecular weight excluding hydrogens is 438 g/mol. The van der Waals surface area contributed by atoms with Crippen molar-refractivity contribution in [1.82, 2.24) is 15.5 Å². The number of benzene rings is 1. The smallest absolute Gasteiger partial charge is 0.408 e. The molecule has 0 bridgehead atoms. The third-order valence-electron chi connectivity index (χ3n) is 5.21. The monoisotopic (exact) mass is 479 g/mol. The van der Waals surface area contributed by atoms with Gasteiger partial charge in [0.25, 0.3) is 0 Å². The molecule has 0 radical (unpaired) electrons. The third-order valence-corrected chi connectivity index (χ3v) is 5.57. The molecule has 0 aromatic heterocycles. The maximum Gasteiger partial charge on any atom is 0.408 e. The van der Waals surface area contributed by atoms with Crippen LogP contribution in [0.25, 0.3) is 0 Å². The van der Waals surface area contributed by atoms with E-state index >= 15 is 0 Å². The summed E-state index contributed by atoms with van der Waals surface area (Å²) in [6.07, 6.45) is 1.74. The summed E-state index contributed by atoms with van der Waals surface area (Å²) in [6, 6.07) is 5.60. The summed E-state index contributed by atoms with van der Waals surface area (Å²) in [4.78, 5) is 41.1. The Kier molecular flexibility index (Phi) is 11.8. The Labute approximate surface area is 204 Å². The Balaban J connectivity index is 3.36. The van der Waals surface area contributed by atoms with Crippen LogP contribution in [0.2, 0.25) is 0 Å². The van der Waals surface area contributed by atoms with Gasteiger partial charge in [-0.15, -0.1) is 0 Å². The molecule has 3 amide bonds. The second kappa shape index (κ2) is 13.5. The van der Waals surface area contributed by atoms with Gasteiger partial charge in [0.05, 0.1) is 0 Å². The molecule has 8 heteroatoms. The zero-order valence-corrected chi connectivity index (χ0v) is 22.0. The number of thiol groups is 1. The molecule has 0 aliphatic heterocycles. The summed E-state index contributed by atoms with van der Waals surface area (Å²) in [5, 5.41) is 5.61. The van der Waals surface area contributed by atoms with Gasteiger partial charge in [-0.1, -0.05) is 50.1 Å². The first kappa shape index (κ1) is 28.8. The van der Waals surface area contributed by atoms with E-state index in [1.165, 1.54) is 0 Å². The molecule has 1 rings (SSSR count). The van der Waals surface area contributed by atoms with Gasteiger partial charge in [0, 0.05) is 18.3 Å². The summed E-state index contributed by atoms with van der Waals surface area (Å²) >= 11 is 4.31. The summed E-state index contributed by atoms with van der Waals surface area (Å²) in [5.74, 6) is -0.538. The van der Waals surface area contributed by atoms with E-state index in [2.05, 4.69) is 30.2 Å².